The molecule has 6 atom stereocenters. The molecular formula is C25H31F3N2O5S. The Morgan fingerprint density at radius 3 is 2.72 bits per heavy atom. The van der Waals surface area contributed by atoms with Gasteiger partial charge in [-0.25, -0.2) is 13.1 Å². The van der Waals surface area contributed by atoms with Gasteiger partial charge in [-0.1, -0.05) is 6.07 Å². The van der Waals surface area contributed by atoms with E-state index in [9.17, 15) is 26.7 Å². The minimum absolute atomic E-state index is 0.0755. The number of aromatic hydroxyl groups is 1. The minimum Gasteiger partial charge on any atom is -0.504 e. The molecule has 0 unspecified atom stereocenters. The van der Waals surface area contributed by atoms with Gasteiger partial charge in [0.25, 0.3) is 0 Å². The van der Waals surface area contributed by atoms with Gasteiger partial charge in [0, 0.05) is 48.6 Å². The molecule has 4 saturated carbocycles. The van der Waals surface area contributed by atoms with E-state index in [2.05, 4.69) is 4.90 Å². The van der Waals surface area contributed by atoms with Crippen LogP contribution in [0.15, 0.2) is 12.1 Å². The Balaban J connectivity index is 1.36. The lowest BCUT2D eigenvalue weighted by molar-refractivity contribution is -0.275. The number of nitrogens with zero attached hydrogens (tertiary/aromatic N) is 1. The number of halogens is 3. The summed E-state index contributed by atoms with van der Waals surface area (Å²) in [7, 11) is -3.93. The van der Waals surface area contributed by atoms with Crippen LogP contribution in [-0.4, -0.2) is 68.4 Å². The number of nitrogens with one attached hydrogen (secondary N) is 1. The molecule has 11 heteroatoms. The first kappa shape index (κ1) is 23.5. The van der Waals surface area contributed by atoms with Crippen LogP contribution < -0.4 is 9.46 Å². The maximum Gasteiger partial charge on any atom is 0.511 e. The Labute approximate surface area is 208 Å². The fraction of sp³-hybridized carbons (Fsp3) is 0.760. The summed E-state index contributed by atoms with van der Waals surface area (Å²) < 4.78 is 78.0. The van der Waals surface area contributed by atoms with Gasteiger partial charge >= 0.3 is 15.5 Å². The van der Waals surface area contributed by atoms with E-state index >= 15 is 0 Å². The zero-order valence-corrected chi connectivity index (χ0v) is 20.9. The van der Waals surface area contributed by atoms with Gasteiger partial charge in [0.2, 0.25) is 0 Å². The Morgan fingerprint density at radius 1 is 1.25 bits per heavy atom. The molecule has 2 aliphatic heterocycles. The van der Waals surface area contributed by atoms with Crippen LogP contribution in [0.1, 0.15) is 49.7 Å². The molecule has 7 nitrogen and oxygen atoms in total. The molecule has 1 aromatic rings. The number of piperidine rings is 1. The average Bonchev–Trinajstić information content (AvgIpc) is 3.57. The first-order valence-corrected chi connectivity index (χ1v) is 14.3. The maximum atomic E-state index is 13.2. The molecule has 4 bridgehead atoms. The fourth-order valence-corrected chi connectivity index (χ4v) is 9.67. The van der Waals surface area contributed by atoms with Gasteiger partial charge in [0.1, 0.15) is 11.7 Å². The number of likely N-dealkylation sites (tertiary alicyclic amines) is 1. The normalized spacial score (nSPS) is 40.7. The first-order valence-electron chi connectivity index (χ1n) is 12.9. The van der Waals surface area contributed by atoms with Gasteiger partial charge in [-0.2, -0.15) is 13.2 Å². The summed E-state index contributed by atoms with van der Waals surface area (Å²) in [5.74, 6) is 0.762. The second kappa shape index (κ2) is 7.09. The third kappa shape index (κ3) is 2.68. The van der Waals surface area contributed by atoms with Crippen molar-refractivity contribution in [1.29, 1.82) is 0 Å². The highest BCUT2D eigenvalue weighted by molar-refractivity contribution is 7.90. The van der Waals surface area contributed by atoms with E-state index in [0.29, 0.717) is 24.5 Å². The Bertz CT molecular complexity index is 1240. The largest absolute Gasteiger partial charge is 0.511 e. The van der Waals surface area contributed by atoms with Crippen molar-refractivity contribution >= 4 is 10.0 Å². The fourth-order valence-electron chi connectivity index (χ4n) is 9.08. The van der Waals surface area contributed by atoms with Crippen molar-refractivity contribution in [1.82, 2.24) is 9.62 Å². The van der Waals surface area contributed by atoms with Crippen molar-refractivity contribution < 1.29 is 36.2 Å². The highest BCUT2D eigenvalue weighted by Gasteiger charge is 2.80. The van der Waals surface area contributed by atoms with Gasteiger partial charge in [-0.05, 0) is 69.0 Å². The lowest BCUT2D eigenvalue weighted by Crippen LogP contribution is -2.81. The van der Waals surface area contributed by atoms with Gasteiger partial charge in [-0.15, -0.1) is 0 Å². The van der Waals surface area contributed by atoms with Crippen molar-refractivity contribution in [3.8, 4) is 11.5 Å². The van der Waals surface area contributed by atoms with Crippen molar-refractivity contribution in [3.05, 3.63) is 23.3 Å². The average molecular weight is 529 g/mol. The predicted octanol–water partition coefficient (Wildman–Crippen LogP) is 3.06. The number of fused-ring (bicyclic) bond motifs is 2. The number of methoxy groups -OCH3 is 1. The van der Waals surface area contributed by atoms with E-state index in [0.717, 1.165) is 37.9 Å². The van der Waals surface area contributed by atoms with E-state index in [1.165, 1.54) is 18.4 Å². The summed E-state index contributed by atoms with van der Waals surface area (Å²) in [4.78, 5) is 2.59. The molecule has 8 rings (SSSR count). The van der Waals surface area contributed by atoms with Crippen molar-refractivity contribution in [3.63, 3.8) is 0 Å². The zero-order valence-electron chi connectivity index (χ0n) is 20.1. The van der Waals surface area contributed by atoms with Gasteiger partial charge in [0.15, 0.2) is 11.5 Å². The Hall–Kier alpha value is -1.56. The molecule has 0 radical (unpaired) electrons. The number of hydrogen-bond donors (Lipinski definition) is 2. The SMILES string of the molecule is CO[C@]12CC[C@@]3(C[C@@H]1CNS(=O)(=O)C(F)(F)F)[C@H]1Cc4ccc(O)c5c4[C@@]3(CCN1CC1CC1)[C@H]2O5. The summed E-state index contributed by atoms with van der Waals surface area (Å²) in [6.07, 6.45) is 5.57. The van der Waals surface area contributed by atoms with Crippen LogP contribution in [0.3, 0.4) is 0 Å². The van der Waals surface area contributed by atoms with Crippen LogP contribution in [0.25, 0.3) is 0 Å². The summed E-state index contributed by atoms with van der Waals surface area (Å²) in [5.41, 5.74) is -4.79. The third-order valence-electron chi connectivity index (χ3n) is 10.6. The zero-order chi connectivity index (χ0) is 25.3. The smallest absolute Gasteiger partial charge is 0.504 e. The van der Waals surface area contributed by atoms with E-state index in [-0.39, 0.29) is 23.8 Å². The monoisotopic (exact) mass is 528 g/mol. The maximum absolute atomic E-state index is 13.2. The van der Waals surface area contributed by atoms with E-state index in [1.807, 2.05) is 10.8 Å². The quantitative estimate of drug-likeness (QED) is 0.590. The van der Waals surface area contributed by atoms with Gasteiger partial charge in [0.05, 0.1) is 0 Å². The lowest BCUT2D eigenvalue weighted by Gasteiger charge is -2.74. The number of benzene rings is 1. The topological polar surface area (TPSA) is 88.1 Å². The molecule has 7 aliphatic rings. The second-order valence-electron chi connectivity index (χ2n) is 11.8. The Kier molecular flexibility index (Phi) is 4.64. The minimum atomic E-state index is -5.48. The first-order chi connectivity index (χ1) is 17.0. The molecule has 1 saturated heterocycles. The van der Waals surface area contributed by atoms with Crippen LogP contribution in [0.2, 0.25) is 0 Å². The van der Waals surface area contributed by atoms with Gasteiger partial charge < -0.3 is 14.6 Å². The van der Waals surface area contributed by atoms with Crippen LogP contribution in [0, 0.1) is 17.3 Å². The highest BCUT2D eigenvalue weighted by Crippen LogP contribution is 2.76. The van der Waals surface area contributed by atoms with Crippen LogP contribution in [0.4, 0.5) is 13.2 Å². The van der Waals surface area contributed by atoms with E-state index < -0.39 is 38.6 Å². The molecule has 5 fully saturated rings. The molecule has 2 heterocycles. The third-order valence-corrected chi connectivity index (χ3v) is 11.8. The van der Waals surface area contributed by atoms with Crippen molar-refractivity contribution in [2.45, 2.75) is 73.6 Å². The number of ether oxygens (including phenoxy) is 2. The highest BCUT2D eigenvalue weighted by atomic mass is 32.2. The second-order valence-corrected chi connectivity index (χ2v) is 13.6. The van der Waals surface area contributed by atoms with Crippen LogP contribution >= 0.6 is 0 Å². The molecule has 36 heavy (non-hydrogen) atoms. The molecule has 0 aromatic heterocycles. The molecule has 1 aromatic carbocycles. The molecule has 198 valence electrons. The van der Waals surface area contributed by atoms with Gasteiger partial charge in [-0.3, -0.25) is 4.90 Å². The number of sulfonamides is 1. The van der Waals surface area contributed by atoms with Crippen LogP contribution in [-0.2, 0) is 26.6 Å². The number of hydrogen-bond acceptors (Lipinski definition) is 6. The van der Waals surface area contributed by atoms with Crippen molar-refractivity contribution in [2.75, 3.05) is 26.7 Å². The van der Waals surface area contributed by atoms with Crippen LogP contribution in [0.5, 0.6) is 11.5 Å². The number of phenolic OH excluding ortho intramolecular Hbond substituents is 1. The molecular weight excluding hydrogens is 497 g/mol. The number of phenols is 1. The summed E-state index contributed by atoms with van der Waals surface area (Å²) in [5, 5.41) is 10.8. The summed E-state index contributed by atoms with van der Waals surface area (Å²) in [6.45, 7) is 1.56. The standard InChI is InChI=1S/C25H31F3N2O5S/c1-34-24-7-6-22(11-16(24)12-29-36(32,33)25(26,27)28)18-10-15-4-5-17(31)20-19(15)23(22,21(24)35-20)8-9-30(18)13-14-2-3-14/h4-5,14,16,18,21,29,31H,2-3,6-13H2,1H3/t16-,18-,21-,22-,23+,24-/m1/s1. The molecule has 2 spiro atoms. The lowest BCUT2D eigenvalue weighted by atomic mass is 9.35. The predicted molar refractivity (Wildman–Crippen MR) is 123 cm³/mol. The molecule has 0 amide bonds. The van der Waals surface area contributed by atoms with E-state index in [1.54, 1.807) is 13.2 Å². The number of alkyl halides is 3. The molecule has 5 aliphatic carbocycles. The van der Waals surface area contributed by atoms with Crippen molar-refractivity contribution in [2.24, 2.45) is 17.3 Å². The summed E-state index contributed by atoms with van der Waals surface area (Å²) >= 11 is 0. The van der Waals surface area contributed by atoms with E-state index in [4.69, 9.17) is 9.47 Å². The Morgan fingerprint density at radius 2 is 2.03 bits per heavy atom. The summed E-state index contributed by atoms with van der Waals surface area (Å²) in [6, 6.07) is 3.87. The number of rotatable bonds is 6. The molecule has 2 N–H and O–H groups in total.